The number of imidazole rings is 1. The molecule has 2 N–H and O–H groups in total. The fourth-order valence-electron chi connectivity index (χ4n) is 3.05. The lowest BCUT2D eigenvalue weighted by molar-refractivity contribution is -0.118. The van der Waals surface area contributed by atoms with Gasteiger partial charge in [0.15, 0.2) is 0 Å². The number of aryl methyl sites for hydroxylation is 1. The molecular formula is C15H16N6OS. The minimum absolute atomic E-state index is 0.0381. The van der Waals surface area contributed by atoms with E-state index in [-0.39, 0.29) is 11.8 Å². The van der Waals surface area contributed by atoms with Crippen LogP contribution in [0.3, 0.4) is 0 Å². The highest BCUT2D eigenvalue weighted by molar-refractivity contribution is 7.13. The normalized spacial score (nSPS) is 17.0. The Morgan fingerprint density at radius 1 is 1.48 bits per heavy atom. The predicted octanol–water partition coefficient (Wildman–Crippen LogP) is 2.33. The molecule has 0 fully saturated rings. The molecule has 1 aliphatic rings. The van der Waals surface area contributed by atoms with Crippen LogP contribution < -0.4 is 5.32 Å². The smallest absolute Gasteiger partial charge is 0.233 e. The molecule has 0 saturated carbocycles. The maximum atomic E-state index is 12.7. The first kappa shape index (κ1) is 14.1. The molecule has 0 spiro atoms. The fraction of sp³-hybridized carbons (Fsp3) is 0.333. The van der Waals surface area contributed by atoms with Gasteiger partial charge >= 0.3 is 0 Å². The lowest BCUT2D eigenvalue weighted by atomic mass is 9.89. The number of aromatic amines is 1. The molecule has 1 atom stereocenters. The summed E-state index contributed by atoms with van der Waals surface area (Å²) in [5.74, 6) is -0.247. The second-order valence-electron chi connectivity index (χ2n) is 5.62. The summed E-state index contributed by atoms with van der Waals surface area (Å²) in [5, 5.41) is 12.6. The van der Waals surface area contributed by atoms with Crippen LogP contribution in [0.1, 0.15) is 30.1 Å². The molecule has 1 amide bonds. The lowest BCUT2D eigenvalue weighted by Gasteiger charge is -2.21. The Kier molecular flexibility index (Phi) is 3.45. The van der Waals surface area contributed by atoms with Gasteiger partial charge in [-0.05, 0) is 19.3 Å². The molecule has 0 bridgehead atoms. The molecule has 1 aliphatic carbocycles. The van der Waals surface area contributed by atoms with E-state index in [1.165, 1.54) is 11.3 Å². The number of aromatic nitrogens is 5. The third kappa shape index (κ3) is 2.44. The van der Waals surface area contributed by atoms with Gasteiger partial charge in [0.1, 0.15) is 10.7 Å². The Hall–Kier alpha value is -2.48. The van der Waals surface area contributed by atoms with Crippen molar-refractivity contribution < 1.29 is 4.79 Å². The molecule has 3 aromatic heterocycles. The van der Waals surface area contributed by atoms with Crippen molar-refractivity contribution in [1.82, 2.24) is 24.7 Å². The number of nitrogens with one attached hydrogen (secondary N) is 2. The van der Waals surface area contributed by atoms with Crippen molar-refractivity contribution in [2.75, 3.05) is 5.32 Å². The summed E-state index contributed by atoms with van der Waals surface area (Å²) in [4.78, 5) is 21.4. The zero-order valence-corrected chi connectivity index (χ0v) is 13.4. The van der Waals surface area contributed by atoms with Crippen molar-refractivity contribution in [2.45, 2.75) is 25.2 Å². The predicted molar refractivity (Wildman–Crippen MR) is 87.2 cm³/mol. The van der Waals surface area contributed by atoms with Gasteiger partial charge in [-0.2, -0.15) is 5.10 Å². The van der Waals surface area contributed by atoms with Gasteiger partial charge in [-0.25, -0.2) is 9.97 Å². The number of carbonyl (C=O) groups is 1. The summed E-state index contributed by atoms with van der Waals surface area (Å²) >= 11 is 1.50. The third-order valence-electron chi connectivity index (χ3n) is 4.19. The van der Waals surface area contributed by atoms with E-state index in [1.54, 1.807) is 18.7 Å². The number of H-pyrrole nitrogens is 1. The van der Waals surface area contributed by atoms with Gasteiger partial charge < -0.3 is 9.88 Å². The number of hydrogen-bond donors (Lipinski definition) is 2. The summed E-state index contributed by atoms with van der Waals surface area (Å²) < 4.78 is 2.01. The number of fused-ring (bicyclic) bond motifs is 1. The highest BCUT2D eigenvalue weighted by Crippen LogP contribution is 2.33. The SMILES string of the molecule is Cn1cnc2c1CCCC2C(=O)Nc1cn[nH]c1-c1nccs1. The third-order valence-corrected chi connectivity index (χ3v) is 4.98. The van der Waals surface area contributed by atoms with Crippen molar-refractivity contribution >= 4 is 22.9 Å². The van der Waals surface area contributed by atoms with Crippen molar-refractivity contribution in [3.8, 4) is 10.7 Å². The Labute approximate surface area is 136 Å². The maximum Gasteiger partial charge on any atom is 0.233 e. The molecule has 0 saturated heterocycles. The topological polar surface area (TPSA) is 88.5 Å². The lowest BCUT2D eigenvalue weighted by Crippen LogP contribution is -2.25. The van der Waals surface area contributed by atoms with Crippen molar-refractivity contribution in [1.29, 1.82) is 0 Å². The molecule has 0 radical (unpaired) electrons. The second-order valence-corrected chi connectivity index (χ2v) is 6.51. The van der Waals surface area contributed by atoms with E-state index in [2.05, 4.69) is 25.5 Å². The van der Waals surface area contributed by atoms with Crippen LogP contribution in [0.5, 0.6) is 0 Å². The monoisotopic (exact) mass is 328 g/mol. The summed E-state index contributed by atoms with van der Waals surface area (Å²) in [5.41, 5.74) is 3.46. The quantitative estimate of drug-likeness (QED) is 0.772. The number of hydrogen-bond acceptors (Lipinski definition) is 5. The van der Waals surface area contributed by atoms with Gasteiger partial charge in [0.2, 0.25) is 5.91 Å². The number of nitrogens with zero attached hydrogens (tertiary/aromatic N) is 4. The van der Waals surface area contributed by atoms with E-state index in [9.17, 15) is 4.79 Å². The summed E-state index contributed by atoms with van der Waals surface area (Å²) in [6.07, 6.45) is 7.93. The summed E-state index contributed by atoms with van der Waals surface area (Å²) in [6, 6.07) is 0. The van der Waals surface area contributed by atoms with E-state index in [1.807, 2.05) is 17.0 Å². The Morgan fingerprint density at radius 3 is 3.22 bits per heavy atom. The van der Waals surface area contributed by atoms with Gasteiger partial charge in [0, 0.05) is 24.3 Å². The van der Waals surface area contributed by atoms with Crippen LogP contribution >= 0.6 is 11.3 Å². The summed E-state index contributed by atoms with van der Waals surface area (Å²) in [7, 11) is 1.97. The van der Waals surface area contributed by atoms with Gasteiger partial charge in [-0.3, -0.25) is 9.89 Å². The highest BCUT2D eigenvalue weighted by atomic mass is 32.1. The van der Waals surface area contributed by atoms with Gasteiger partial charge in [-0.15, -0.1) is 11.3 Å². The van der Waals surface area contributed by atoms with Crippen LogP contribution in [0.25, 0.3) is 10.7 Å². The maximum absolute atomic E-state index is 12.7. The first-order valence-electron chi connectivity index (χ1n) is 7.48. The number of anilines is 1. The molecule has 7 nitrogen and oxygen atoms in total. The zero-order chi connectivity index (χ0) is 15.8. The second kappa shape index (κ2) is 5.62. The van der Waals surface area contributed by atoms with Crippen LogP contribution in [0.2, 0.25) is 0 Å². The van der Waals surface area contributed by atoms with E-state index >= 15 is 0 Å². The molecule has 118 valence electrons. The van der Waals surface area contributed by atoms with Crippen molar-refractivity contribution in [3.05, 3.63) is 35.5 Å². The summed E-state index contributed by atoms with van der Waals surface area (Å²) in [6.45, 7) is 0. The molecule has 23 heavy (non-hydrogen) atoms. The van der Waals surface area contributed by atoms with Crippen LogP contribution in [-0.2, 0) is 18.3 Å². The first-order valence-corrected chi connectivity index (χ1v) is 8.36. The minimum Gasteiger partial charge on any atom is -0.337 e. The van der Waals surface area contributed by atoms with Crippen molar-refractivity contribution in [2.24, 2.45) is 7.05 Å². The number of thiazole rings is 1. The molecule has 3 heterocycles. The molecule has 0 aliphatic heterocycles. The molecular weight excluding hydrogens is 312 g/mol. The van der Waals surface area contributed by atoms with E-state index in [0.29, 0.717) is 5.69 Å². The van der Waals surface area contributed by atoms with Crippen molar-refractivity contribution in [3.63, 3.8) is 0 Å². The van der Waals surface area contributed by atoms with E-state index in [0.717, 1.165) is 41.4 Å². The largest absolute Gasteiger partial charge is 0.337 e. The van der Waals surface area contributed by atoms with Crippen LogP contribution in [0.4, 0.5) is 5.69 Å². The Morgan fingerprint density at radius 2 is 2.39 bits per heavy atom. The molecule has 3 aromatic rings. The van der Waals surface area contributed by atoms with Gasteiger partial charge in [0.05, 0.1) is 29.8 Å². The van der Waals surface area contributed by atoms with Crippen LogP contribution in [0, 0.1) is 0 Å². The average Bonchev–Trinajstić information content (AvgIpc) is 3.28. The molecule has 4 rings (SSSR count). The van der Waals surface area contributed by atoms with Gasteiger partial charge in [-0.1, -0.05) is 0 Å². The van der Waals surface area contributed by atoms with Crippen LogP contribution in [0.15, 0.2) is 24.1 Å². The molecule has 0 aromatic carbocycles. The fourth-order valence-corrected chi connectivity index (χ4v) is 3.69. The minimum atomic E-state index is -0.209. The van der Waals surface area contributed by atoms with Crippen LogP contribution in [-0.4, -0.2) is 30.6 Å². The average molecular weight is 328 g/mol. The first-order chi connectivity index (χ1) is 11.2. The number of amides is 1. The van der Waals surface area contributed by atoms with Gasteiger partial charge in [0.25, 0.3) is 0 Å². The molecule has 8 heteroatoms. The molecule has 1 unspecified atom stereocenters. The van der Waals surface area contributed by atoms with E-state index < -0.39 is 0 Å². The Bertz CT molecular complexity index is 834. The highest BCUT2D eigenvalue weighted by Gasteiger charge is 2.30. The number of carbonyl (C=O) groups excluding carboxylic acids is 1. The zero-order valence-electron chi connectivity index (χ0n) is 12.6. The Balaban J connectivity index is 1.59. The standard InChI is InChI=1S/C15H16N6OS/c1-21-8-17-12-9(3-2-4-11(12)21)14(22)19-10-7-18-20-13(10)15-16-5-6-23-15/h5-9H,2-4H2,1H3,(H,18,20)(H,19,22). The number of rotatable bonds is 3. The van der Waals surface area contributed by atoms with E-state index in [4.69, 9.17) is 0 Å².